The Kier molecular flexibility index (Phi) is 4.34. The smallest absolute Gasteiger partial charge is 0.119 e. The molecule has 0 spiro atoms. The van der Waals surface area contributed by atoms with Gasteiger partial charge >= 0.3 is 0 Å². The number of benzene rings is 2. The fourth-order valence-corrected chi connectivity index (χ4v) is 2.82. The number of aromatic amines is 1. The first kappa shape index (κ1) is 15.6. The van der Waals surface area contributed by atoms with Crippen molar-refractivity contribution in [3.63, 3.8) is 0 Å². The molecule has 0 fully saturated rings. The Labute approximate surface area is 133 Å². The van der Waals surface area contributed by atoms with Gasteiger partial charge in [-0.05, 0) is 41.0 Å². The van der Waals surface area contributed by atoms with Crippen molar-refractivity contribution < 1.29 is 20.1 Å². The van der Waals surface area contributed by atoms with Crippen molar-refractivity contribution in [3.05, 3.63) is 53.1 Å². The Morgan fingerprint density at radius 3 is 2.35 bits per heavy atom. The summed E-state index contributed by atoms with van der Waals surface area (Å²) < 4.78 is 5.26. The van der Waals surface area contributed by atoms with Crippen LogP contribution in [0, 0.1) is 0 Å². The van der Waals surface area contributed by atoms with Gasteiger partial charge in [-0.25, -0.2) is 0 Å². The summed E-state index contributed by atoms with van der Waals surface area (Å²) in [5.41, 5.74) is 4.78. The third-order valence-electron chi connectivity index (χ3n) is 4.01. The second-order valence-corrected chi connectivity index (χ2v) is 5.40. The van der Waals surface area contributed by atoms with Gasteiger partial charge in [-0.15, -0.1) is 0 Å². The Morgan fingerprint density at radius 2 is 1.70 bits per heavy atom. The van der Waals surface area contributed by atoms with E-state index >= 15 is 0 Å². The van der Waals surface area contributed by atoms with E-state index in [1.807, 2.05) is 24.3 Å². The highest BCUT2D eigenvalue weighted by atomic mass is 16.5. The lowest BCUT2D eigenvalue weighted by molar-refractivity contribution is 0.276. The number of methoxy groups -OCH3 is 1. The third-order valence-corrected chi connectivity index (χ3v) is 4.01. The maximum atomic E-state index is 9.57. The quantitative estimate of drug-likeness (QED) is 0.582. The molecule has 0 amide bonds. The molecule has 0 saturated carbocycles. The molecule has 0 bridgehead atoms. The largest absolute Gasteiger partial charge is 0.497 e. The summed E-state index contributed by atoms with van der Waals surface area (Å²) in [7, 11) is 1.60. The molecule has 0 radical (unpaired) electrons. The molecule has 0 unspecified atom stereocenters. The van der Waals surface area contributed by atoms with Gasteiger partial charge in [0.1, 0.15) is 5.75 Å². The van der Waals surface area contributed by atoms with Crippen molar-refractivity contribution in [2.24, 2.45) is 0 Å². The van der Waals surface area contributed by atoms with Crippen LogP contribution in [0.1, 0.15) is 16.7 Å². The normalized spacial score (nSPS) is 11.1. The molecule has 23 heavy (non-hydrogen) atoms. The number of rotatable bonds is 5. The maximum Gasteiger partial charge on any atom is 0.119 e. The number of aliphatic hydroxyl groups is 3. The molecular formula is C18H19NO4. The summed E-state index contributed by atoms with van der Waals surface area (Å²) in [6.45, 7) is -0.269. The van der Waals surface area contributed by atoms with Crippen LogP contribution < -0.4 is 4.74 Å². The fourth-order valence-electron chi connectivity index (χ4n) is 2.82. The van der Waals surface area contributed by atoms with Gasteiger partial charge in [-0.3, -0.25) is 0 Å². The van der Waals surface area contributed by atoms with Gasteiger partial charge in [0.2, 0.25) is 0 Å². The van der Waals surface area contributed by atoms with Crippen LogP contribution in [0.5, 0.6) is 5.75 Å². The van der Waals surface area contributed by atoms with Crippen molar-refractivity contribution in [2.75, 3.05) is 7.11 Å². The second kappa shape index (κ2) is 6.42. The number of hydrogen-bond donors (Lipinski definition) is 4. The average Bonchev–Trinajstić information content (AvgIpc) is 3.03. The van der Waals surface area contributed by atoms with E-state index in [1.165, 1.54) is 0 Å². The van der Waals surface area contributed by atoms with Gasteiger partial charge in [0.25, 0.3) is 0 Å². The van der Waals surface area contributed by atoms with Crippen molar-refractivity contribution in [3.8, 4) is 17.0 Å². The molecule has 1 aromatic heterocycles. The van der Waals surface area contributed by atoms with Crippen LogP contribution in [-0.4, -0.2) is 27.4 Å². The Hall–Kier alpha value is -2.34. The molecular weight excluding hydrogens is 294 g/mol. The summed E-state index contributed by atoms with van der Waals surface area (Å²) in [5, 5.41) is 29.4. The van der Waals surface area contributed by atoms with E-state index < -0.39 is 0 Å². The van der Waals surface area contributed by atoms with Crippen molar-refractivity contribution >= 4 is 10.9 Å². The van der Waals surface area contributed by atoms with Crippen LogP contribution in [0.25, 0.3) is 22.2 Å². The van der Waals surface area contributed by atoms with Crippen molar-refractivity contribution in [1.29, 1.82) is 0 Å². The first-order valence-electron chi connectivity index (χ1n) is 7.34. The van der Waals surface area contributed by atoms with Crippen LogP contribution in [0.2, 0.25) is 0 Å². The minimum absolute atomic E-state index is 0.0799. The molecule has 5 heteroatoms. The topological polar surface area (TPSA) is 85.7 Å². The monoisotopic (exact) mass is 313 g/mol. The average molecular weight is 313 g/mol. The molecule has 3 aromatic rings. The molecule has 4 N–H and O–H groups in total. The number of hydrogen-bond acceptors (Lipinski definition) is 4. The minimum atomic E-state index is -0.105. The highest BCUT2D eigenvalue weighted by Crippen LogP contribution is 2.32. The van der Waals surface area contributed by atoms with E-state index in [2.05, 4.69) is 4.98 Å². The van der Waals surface area contributed by atoms with Crippen LogP contribution in [0.4, 0.5) is 0 Å². The van der Waals surface area contributed by atoms with Gasteiger partial charge in [-0.1, -0.05) is 12.1 Å². The Balaban J connectivity index is 2.21. The van der Waals surface area contributed by atoms with Crippen molar-refractivity contribution in [1.82, 2.24) is 4.98 Å². The summed E-state index contributed by atoms with van der Waals surface area (Å²) >= 11 is 0. The van der Waals surface area contributed by atoms with Crippen LogP contribution in [-0.2, 0) is 19.8 Å². The predicted octanol–water partition coefficient (Wildman–Crippen LogP) is 2.32. The number of H-pyrrole nitrogens is 1. The molecule has 0 aliphatic heterocycles. The van der Waals surface area contributed by atoms with Crippen LogP contribution >= 0.6 is 0 Å². The van der Waals surface area contributed by atoms with Gasteiger partial charge in [-0.2, -0.15) is 0 Å². The highest BCUT2D eigenvalue weighted by molar-refractivity contribution is 5.89. The molecule has 120 valence electrons. The minimum Gasteiger partial charge on any atom is -0.497 e. The fraction of sp³-hybridized carbons (Fsp3) is 0.222. The zero-order chi connectivity index (χ0) is 16.4. The number of aromatic nitrogens is 1. The van der Waals surface area contributed by atoms with E-state index in [9.17, 15) is 15.3 Å². The third kappa shape index (κ3) is 2.82. The zero-order valence-corrected chi connectivity index (χ0v) is 12.8. The highest BCUT2D eigenvalue weighted by Gasteiger charge is 2.12. The molecule has 0 aliphatic rings. The molecule has 0 saturated heterocycles. The molecule has 0 atom stereocenters. The Morgan fingerprint density at radius 1 is 0.913 bits per heavy atom. The van der Waals surface area contributed by atoms with Gasteiger partial charge in [0.15, 0.2) is 0 Å². The maximum absolute atomic E-state index is 9.57. The molecule has 1 heterocycles. The van der Waals surface area contributed by atoms with Crippen LogP contribution in [0.15, 0.2) is 36.4 Å². The molecule has 2 aromatic carbocycles. The second-order valence-electron chi connectivity index (χ2n) is 5.40. The summed E-state index contributed by atoms with van der Waals surface area (Å²) in [6.07, 6.45) is 0. The Bertz CT molecular complexity index is 838. The van der Waals surface area contributed by atoms with Crippen molar-refractivity contribution in [2.45, 2.75) is 19.8 Å². The van der Waals surface area contributed by atoms with Gasteiger partial charge in [0.05, 0.1) is 26.9 Å². The zero-order valence-electron chi connectivity index (χ0n) is 12.8. The summed E-state index contributed by atoms with van der Waals surface area (Å²) in [5.74, 6) is 0.703. The molecule has 3 rings (SSSR count). The summed E-state index contributed by atoms with van der Waals surface area (Å²) in [4.78, 5) is 3.30. The molecule has 5 nitrogen and oxygen atoms in total. The first-order chi connectivity index (χ1) is 11.2. The first-order valence-corrected chi connectivity index (χ1v) is 7.34. The van der Waals surface area contributed by atoms with E-state index in [0.717, 1.165) is 38.9 Å². The van der Waals surface area contributed by atoms with E-state index in [0.29, 0.717) is 5.75 Å². The number of nitrogens with one attached hydrogen (secondary N) is 1. The number of aliphatic hydroxyl groups excluding tert-OH is 3. The van der Waals surface area contributed by atoms with E-state index in [4.69, 9.17) is 4.74 Å². The van der Waals surface area contributed by atoms with Gasteiger partial charge < -0.3 is 25.0 Å². The predicted molar refractivity (Wildman–Crippen MR) is 88.1 cm³/mol. The molecule has 0 aliphatic carbocycles. The standard InChI is InChI=1S/C18H19NO4/c1-23-14-3-2-12(9-21)15(6-14)18-7-16-13(10-22)4-11(8-20)5-17(16)19-18/h2-7,19-22H,8-10H2,1H3. The lowest BCUT2D eigenvalue weighted by atomic mass is 10.0. The number of fused-ring (bicyclic) bond motifs is 1. The number of ether oxygens (including phenoxy) is 1. The lowest BCUT2D eigenvalue weighted by Crippen LogP contribution is -1.91. The summed E-state index contributed by atoms with van der Waals surface area (Å²) in [6, 6.07) is 11.1. The van der Waals surface area contributed by atoms with Gasteiger partial charge in [0, 0.05) is 22.2 Å². The lowest BCUT2D eigenvalue weighted by Gasteiger charge is -2.08. The SMILES string of the molecule is COc1ccc(CO)c(-c2cc3c(CO)cc(CO)cc3[nH]2)c1. The van der Waals surface area contributed by atoms with E-state index in [-0.39, 0.29) is 19.8 Å². The van der Waals surface area contributed by atoms with Crippen LogP contribution in [0.3, 0.4) is 0 Å². The van der Waals surface area contributed by atoms with E-state index in [1.54, 1.807) is 19.2 Å².